The minimum atomic E-state index is -2.82. The van der Waals surface area contributed by atoms with Crippen molar-refractivity contribution in [3.8, 4) is 5.75 Å². The van der Waals surface area contributed by atoms with E-state index < -0.39 is 6.61 Å². The van der Waals surface area contributed by atoms with E-state index in [1.165, 1.54) is 0 Å². The molecule has 1 heterocycles. The molecule has 130 valence electrons. The molecular formula is C16H23BrF2N2O2. The van der Waals surface area contributed by atoms with E-state index in [0.717, 1.165) is 37.3 Å². The minimum absolute atomic E-state index is 0.0282. The number of rotatable bonds is 7. The van der Waals surface area contributed by atoms with Crippen LogP contribution < -0.4 is 10.1 Å². The molecule has 2 rings (SSSR count). The van der Waals surface area contributed by atoms with Gasteiger partial charge in [-0.15, -0.1) is 0 Å². The van der Waals surface area contributed by atoms with Gasteiger partial charge in [-0.3, -0.25) is 4.90 Å². The second-order valence-electron chi connectivity index (χ2n) is 6.15. The highest BCUT2D eigenvalue weighted by Gasteiger charge is 2.27. The highest BCUT2D eigenvalue weighted by molar-refractivity contribution is 9.10. The Labute approximate surface area is 144 Å². The average molecular weight is 393 g/mol. The third-order valence-corrected chi connectivity index (χ3v) is 4.47. The van der Waals surface area contributed by atoms with E-state index in [1.54, 1.807) is 18.2 Å². The van der Waals surface area contributed by atoms with Crippen LogP contribution in [0.1, 0.15) is 19.4 Å². The topological polar surface area (TPSA) is 33.7 Å². The largest absolute Gasteiger partial charge is 0.434 e. The minimum Gasteiger partial charge on any atom is -0.434 e. The Hall–Kier alpha value is -0.760. The fraction of sp³-hybridized carbons (Fsp3) is 0.625. The SMILES string of the molecule is CC(C)(CNCc1cc(Br)ccc1OC(F)F)N1CCOCC1. The summed E-state index contributed by atoms with van der Waals surface area (Å²) < 4.78 is 35.8. The molecule has 0 aromatic heterocycles. The van der Waals surface area contributed by atoms with Gasteiger partial charge in [0.25, 0.3) is 0 Å². The molecule has 1 aliphatic rings. The molecule has 1 N–H and O–H groups in total. The third-order valence-electron chi connectivity index (χ3n) is 3.98. The number of morpholine rings is 1. The number of nitrogens with one attached hydrogen (secondary N) is 1. The smallest absolute Gasteiger partial charge is 0.387 e. The zero-order chi connectivity index (χ0) is 16.9. The molecule has 0 aliphatic carbocycles. The lowest BCUT2D eigenvalue weighted by Crippen LogP contribution is -2.54. The van der Waals surface area contributed by atoms with Crippen molar-refractivity contribution in [3.63, 3.8) is 0 Å². The summed E-state index contributed by atoms with van der Waals surface area (Å²) in [7, 11) is 0. The maximum Gasteiger partial charge on any atom is 0.387 e. The summed E-state index contributed by atoms with van der Waals surface area (Å²) >= 11 is 3.36. The van der Waals surface area contributed by atoms with Crippen molar-refractivity contribution < 1.29 is 18.3 Å². The molecule has 0 atom stereocenters. The number of hydrogen-bond donors (Lipinski definition) is 1. The molecule has 4 nitrogen and oxygen atoms in total. The van der Waals surface area contributed by atoms with Crippen LogP contribution in [-0.2, 0) is 11.3 Å². The lowest BCUT2D eigenvalue weighted by atomic mass is 10.0. The monoisotopic (exact) mass is 392 g/mol. The molecule has 0 saturated carbocycles. The van der Waals surface area contributed by atoms with Gasteiger partial charge in [0, 0.05) is 41.8 Å². The van der Waals surface area contributed by atoms with Gasteiger partial charge >= 0.3 is 6.61 Å². The van der Waals surface area contributed by atoms with Crippen molar-refractivity contribution in [3.05, 3.63) is 28.2 Å². The second-order valence-corrected chi connectivity index (χ2v) is 7.06. The summed E-state index contributed by atoms with van der Waals surface area (Å²) in [4.78, 5) is 2.38. The summed E-state index contributed by atoms with van der Waals surface area (Å²) in [6.45, 7) is 6.05. The second kappa shape index (κ2) is 8.37. The third kappa shape index (κ3) is 5.67. The molecule has 23 heavy (non-hydrogen) atoms. The van der Waals surface area contributed by atoms with Gasteiger partial charge in [0.15, 0.2) is 0 Å². The summed E-state index contributed by atoms with van der Waals surface area (Å²) in [5, 5.41) is 3.35. The summed E-state index contributed by atoms with van der Waals surface area (Å²) in [5.41, 5.74) is 0.678. The van der Waals surface area contributed by atoms with Crippen LogP contribution in [0.5, 0.6) is 5.75 Å². The molecule has 0 radical (unpaired) electrons. The Balaban J connectivity index is 1.93. The van der Waals surface area contributed by atoms with Gasteiger partial charge in [0.05, 0.1) is 13.2 Å². The van der Waals surface area contributed by atoms with E-state index in [2.05, 4.69) is 44.7 Å². The number of ether oxygens (including phenoxy) is 2. The first-order chi connectivity index (χ1) is 10.9. The predicted molar refractivity (Wildman–Crippen MR) is 89.0 cm³/mol. The van der Waals surface area contributed by atoms with Gasteiger partial charge < -0.3 is 14.8 Å². The summed E-state index contributed by atoms with van der Waals surface area (Å²) in [5.74, 6) is 0.208. The summed E-state index contributed by atoms with van der Waals surface area (Å²) in [6, 6.07) is 5.05. The van der Waals surface area contributed by atoms with Crippen LogP contribution in [0.15, 0.2) is 22.7 Å². The number of nitrogens with zero attached hydrogens (tertiary/aromatic N) is 1. The van der Waals surface area contributed by atoms with Gasteiger partial charge in [0.1, 0.15) is 5.75 Å². The predicted octanol–water partition coefficient (Wildman–Crippen LogP) is 3.25. The van der Waals surface area contributed by atoms with Crippen molar-refractivity contribution in [1.29, 1.82) is 0 Å². The fourth-order valence-corrected chi connectivity index (χ4v) is 3.09. The molecule has 0 bridgehead atoms. The van der Waals surface area contributed by atoms with Crippen LogP contribution in [0.4, 0.5) is 8.78 Å². The normalized spacial score (nSPS) is 16.8. The Bertz CT molecular complexity index is 509. The van der Waals surface area contributed by atoms with Crippen LogP contribution in [0.2, 0.25) is 0 Å². The van der Waals surface area contributed by atoms with Gasteiger partial charge in [-0.05, 0) is 32.0 Å². The summed E-state index contributed by atoms with van der Waals surface area (Å²) in [6.07, 6.45) is 0. The van der Waals surface area contributed by atoms with E-state index >= 15 is 0 Å². The molecule has 0 spiro atoms. The highest BCUT2D eigenvalue weighted by atomic mass is 79.9. The van der Waals surface area contributed by atoms with Gasteiger partial charge in [-0.1, -0.05) is 15.9 Å². The molecule has 1 saturated heterocycles. The first-order valence-corrected chi connectivity index (χ1v) is 8.44. The van der Waals surface area contributed by atoms with E-state index in [0.29, 0.717) is 12.1 Å². The van der Waals surface area contributed by atoms with Crippen LogP contribution in [0.25, 0.3) is 0 Å². The number of hydrogen-bond acceptors (Lipinski definition) is 4. The number of halogens is 3. The quantitative estimate of drug-likeness (QED) is 0.771. The van der Waals surface area contributed by atoms with E-state index in [1.807, 2.05) is 0 Å². The molecule has 0 amide bonds. The van der Waals surface area contributed by atoms with Crippen molar-refractivity contribution >= 4 is 15.9 Å². The Morgan fingerprint density at radius 1 is 1.35 bits per heavy atom. The van der Waals surface area contributed by atoms with Crippen LogP contribution in [0.3, 0.4) is 0 Å². The van der Waals surface area contributed by atoms with Crippen molar-refractivity contribution in [2.75, 3.05) is 32.8 Å². The van der Waals surface area contributed by atoms with E-state index in [9.17, 15) is 8.78 Å². The molecule has 1 fully saturated rings. The maximum absolute atomic E-state index is 12.5. The van der Waals surface area contributed by atoms with Crippen LogP contribution >= 0.6 is 15.9 Å². The highest BCUT2D eigenvalue weighted by Crippen LogP contribution is 2.25. The standard InChI is InChI=1S/C16H23BrF2N2O2/c1-16(2,21-5-7-22-8-6-21)11-20-10-12-9-13(17)3-4-14(12)23-15(18)19/h3-4,9,15,20H,5-8,10-11H2,1-2H3. The fourth-order valence-electron chi connectivity index (χ4n) is 2.68. The van der Waals surface area contributed by atoms with Gasteiger partial charge in [-0.2, -0.15) is 8.78 Å². The zero-order valence-corrected chi connectivity index (χ0v) is 15.0. The van der Waals surface area contributed by atoms with Gasteiger partial charge in [0.2, 0.25) is 0 Å². The average Bonchev–Trinajstić information content (AvgIpc) is 2.50. The lowest BCUT2D eigenvalue weighted by molar-refractivity contribution is -0.0505. The number of alkyl halides is 2. The van der Waals surface area contributed by atoms with Gasteiger partial charge in [-0.25, -0.2) is 0 Å². The first-order valence-electron chi connectivity index (χ1n) is 7.65. The zero-order valence-electron chi connectivity index (χ0n) is 13.4. The van der Waals surface area contributed by atoms with Crippen molar-refractivity contribution in [2.24, 2.45) is 0 Å². The first kappa shape index (κ1) is 18.6. The van der Waals surface area contributed by atoms with E-state index in [4.69, 9.17) is 4.74 Å². The Morgan fingerprint density at radius 3 is 2.70 bits per heavy atom. The maximum atomic E-state index is 12.5. The molecule has 1 aromatic rings. The van der Waals surface area contributed by atoms with Crippen LogP contribution in [0, 0.1) is 0 Å². The lowest BCUT2D eigenvalue weighted by Gasteiger charge is -2.41. The molecular weight excluding hydrogens is 370 g/mol. The number of benzene rings is 1. The van der Waals surface area contributed by atoms with Crippen LogP contribution in [-0.4, -0.2) is 49.9 Å². The molecule has 0 unspecified atom stereocenters. The molecule has 1 aromatic carbocycles. The molecule has 1 aliphatic heterocycles. The Morgan fingerprint density at radius 2 is 2.04 bits per heavy atom. The Kier molecular flexibility index (Phi) is 6.76. The molecule has 7 heteroatoms. The van der Waals surface area contributed by atoms with E-state index in [-0.39, 0.29) is 11.3 Å². The van der Waals surface area contributed by atoms with Crippen molar-refractivity contribution in [1.82, 2.24) is 10.2 Å². The van der Waals surface area contributed by atoms with Crippen molar-refractivity contribution in [2.45, 2.75) is 32.5 Å².